The van der Waals surface area contributed by atoms with Crippen molar-refractivity contribution in [1.29, 1.82) is 0 Å². The lowest BCUT2D eigenvalue weighted by Crippen LogP contribution is -2.12. The number of hydrogen-bond donors (Lipinski definition) is 1. The molecule has 0 aliphatic heterocycles. The highest BCUT2D eigenvalue weighted by molar-refractivity contribution is 6.14. The monoisotopic (exact) mass is 429 g/mol. The van der Waals surface area contributed by atoms with Gasteiger partial charge in [-0.3, -0.25) is 4.79 Å². The fourth-order valence-corrected chi connectivity index (χ4v) is 3.25. The van der Waals surface area contributed by atoms with E-state index in [2.05, 4.69) is 0 Å². The largest absolute Gasteiger partial charge is 0.493 e. The van der Waals surface area contributed by atoms with Crippen molar-refractivity contribution in [3.63, 3.8) is 0 Å². The van der Waals surface area contributed by atoms with E-state index in [1.165, 1.54) is 28.4 Å². The molecule has 7 heteroatoms. The molecule has 168 valence electrons. The topological polar surface area (TPSA) is 89.2 Å². The summed E-state index contributed by atoms with van der Waals surface area (Å²) in [7, 11) is 5.96. The van der Waals surface area contributed by atoms with Crippen molar-refractivity contribution in [3.8, 4) is 28.7 Å². The lowest BCUT2D eigenvalue weighted by atomic mass is 9.91. The standard InChI is InChI=1S/C24H31NO6/c1-8-31-19-12-15(9-10-18(19)25)11-16(14(2)3)21(26)17-13-20(27-4)23(29-6)24(30-7)22(17)28-5/h9-14H,8,25H2,1-7H3. The van der Waals surface area contributed by atoms with Crippen LogP contribution in [0, 0.1) is 5.92 Å². The molecular weight excluding hydrogens is 398 g/mol. The van der Waals surface area contributed by atoms with E-state index in [4.69, 9.17) is 29.4 Å². The van der Waals surface area contributed by atoms with Crippen LogP contribution in [-0.2, 0) is 0 Å². The third-order valence-electron chi connectivity index (χ3n) is 4.78. The van der Waals surface area contributed by atoms with Gasteiger partial charge in [-0.25, -0.2) is 0 Å². The number of hydrogen-bond acceptors (Lipinski definition) is 7. The van der Waals surface area contributed by atoms with Gasteiger partial charge in [-0.05, 0) is 42.7 Å². The number of nitrogens with two attached hydrogens (primary N) is 1. The number of carbonyl (C=O) groups is 1. The summed E-state index contributed by atoms with van der Waals surface area (Å²) in [5.74, 6) is 1.61. The molecule has 0 heterocycles. The summed E-state index contributed by atoms with van der Waals surface area (Å²) in [5, 5.41) is 0. The van der Waals surface area contributed by atoms with Crippen LogP contribution in [0.15, 0.2) is 29.8 Å². The number of methoxy groups -OCH3 is 4. The summed E-state index contributed by atoms with van der Waals surface area (Å²) in [4.78, 5) is 13.6. The van der Waals surface area contributed by atoms with E-state index in [1.807, 2.05) is 39.0 Å². The van der Waals surface area contributed by atoms with Crippen molar-refractivity contribution in [3.05, 3.63) is 41.0 Å². The van der Waals surface area contributed by atoms with Crippen molar-refractivity contribution in [1.82, 2.24) is 0 Å². The van der Waals surface area contributed by atoms with E-state index < -0.39 is 0 Å². The molecule has 0 aliphatic carbocycles. The Labute approximate surface area is 183 Å². The molecule has 0 aliphatic rings. The number of benzene rings is 2. The minimum atomic E-state index is -0.208. The third kappa shape index (κ3) is 5.05. The van der Waals surface area contributed by atoms with E-state index in [0.29, 0.717) is 46.4 Å². The maximum absolute atomic E-state index is 13.6. The van der Waals surface area contributed by atoms with Crippen LogP contribution in [0.3, 0.4) is 0 Å². The highest BCUT2D eigenvalue weighted by Gasteiger charge is 2.27. The van der Waals surface area contributed by atoms with Crippen LogP contribution < -0.4 is 29.4 Å². The first-order valence-electron chi connectivity index (χ1n) is 9.98. The third-order valence-corrected chi connectivity index (χ3v) is 4.78. The maximum atomic E-state index is 13.6. The molecule has 7 nitrogen and oxygen atoms in total. The highest BCUT2D eigenvalue weighted by atomic mass is 16.5. The number of carbonyl (C=O) groups excluding carboxylic acids is 1. The zero-order valence-corrected chi connectivity index (χ0v) is 19.2. The van der Waals surface area contributed by atoms with Crippen LogP contribution in [0.1, 0.15) is 36.7 Å². The lowest BCUT2D eigenvalue weighted by Gasteiger charge is -2.19. The quantitative estimate of drug-likeness (QED) is 0.335. The Kier molecular flexibility index (Phi) is 8.19. The molecule has 2 aromatic carbocycles. The number of Topliss-reactive ketones (excluding diaryl/α,β-unsaturated/α-hetero) is 1. The normalized spacial score (nSPS) is 11.3. The van der Waals surface area contributed by atoms with E-state index in [-0.39, 0.29) is 17.5 Å². The van der Waals surface area contributed by atoms with E-state index in [0.717, 1.165) is 5.56 Å². The van der Waals surface area contributed by atoms with Gasteiger partial charge in [0, 0.05) is 5.57 Å². The Morgan fingerprint density at radius 2 is 1.58 bits per heavy atom. The first-order chi connectivity index (χ1) is 14.8. The molecule has 0 saturated heterocycles. The van der Waals surface area contributed by atoms with Crippen LogP contribution in [0.4, 0.5) is 5.69 Å². The van der Waals surface area contributed by atoms with Crippen molar-refractivity contribution in [2.45, 2.75) is 20.8 Å². The number of anilines is 1. The molecule has 2 N–H and O–H groups in total. The molecule has 0 aromatic heterocycles. The van der Waals surface area contributed by atoms with Gasteiger partial charge in [-0.15, -0.1) is 0 Å². The van der Waals surface area contributed by atoms with Crippen molar-refractivity contribution < 1.29 is 28.5 Å². The Morgan fingerprint density at radius 1 is 0.935 bits per heavy atom. The van der Waals surface area contributed by atoms with E-state index in [9.17, 15) is 4.79 Å². The summed E-state index contributed by atoms with van der Waals surface area (Å²) in [6, 6.07) is 7.04. The summed E-state index contributed by atoms with van der Waals surface area (Å²) in [6.45, 7) is 6.29. The van der Waals surface area contributed by atoms with Gasteiger partial charge < -0.3 is 29.4 Å². The second kappa shape index (κ2) is 10.6. The summed E-state index contributed by atoms with van der Waals surface area (Å²) in [6.07, 6.45) is 1.83. The van der Waals surface area contributed by atoms with Crippen molar-refractivity contribution >= 4 is 17.5 Å². The first kappa shape index (κ1) is 23.9. The van der Waals surface area contributed by atoms with Crippen LogP contribution in [0.25, 0.3) is 6.08 Å². The van der Waals surface area contributed by atoms with E-state index in [1.54, 1.807) is 12.1 Å². The SMILES string of the molecule is CCOc1cc(C=C(C(=O)c2cc(OC)c(OC)c(OC)c2OC)C(C)C)ccc1N. The fourth-order valence-electron chi connectivity index (χ4n) is 3.25. The van der Waals surface area contributed by atoms with Crippen LogP contribution >= 0.6 is 0 Å². The molecule has 2 rings (SSSR count). The van der Waals surface area contributed by atoms with Gasteiger partial charge in [0.05, 0.1) is 46.3 Å². The van der Waals surface area contributed by atoms with Gasteiger partial charge in [0.25, 0.3) is 0 Å². The Morgan fingerprint density at radius 3 is 2.10 bits per heavy atom. The minimum absolute atomic E-state index is 0.0654. The van der Waals surface area contributed by atoms with Gasteiger partial charge in [0.2, 0.25) is 11.5 Å². The molecule has 2 aromatic rings. The Hall–Kier alpha value is -3.35. The summed E-state index contributed by atoms with van der Waals surface area (Å²) < 4.78 is 27.4. The lowest BCUT2D eigenvalue weighted by molar-refractivity contribution is 0.102. The van der Waals surface area contributed by atoms with Crippen LogP contribution in [0.5, 0.6) is 28.7 Å². The number of allylic oxidation sites excluding steroid dienone is 1. The Balaban J connectivity index is 2.66. The van der Waals surface area contributed by atoms with Crippen molar-refractivity contribution in [2.75, 3.05) is 40.8 Å². The molecule has 0 saturated carbocycles. The molecule has 0 unspecified atom stereocenters. The molecule has 0 amide bonds. The minimum Gasteiger partial charge on any atom is -0.493 e. The molecular formula is C24H31NO6. The average Bonchev–Trinajstić information content (AvgIpc) is 2.77. The zero-order chi connectivity index (χ0) is 23.1. The number of rotatable bonds is 10. The number of nitrogen functional groups attached to an aromatic ring is 1. The molecule has 0 spiro atoms. The van der Waals surface area contributed by atoms with Gasteiger partial charge in [0.1, 0.15) is 5.75 Å². The maximum Gasteiger partial charge on any atom is 0.208 e. The van der Waals surface area contributed by atoms with Gasteiger partial charge in [0.15, 0.2) is 17.3 Å². The van der Waals surface area contributed by atoms with E-state index >= 15 is 0 Å². The molecule has 0 radical (unpaired) electrons. The predicted molar refractivity (Wildman–Crippen MR) is 122 cm³/mol. The summed E-state index contributed by atoms with van der Waals surface area (Å²) in [5.41, 5.74) is 8.23. The van der Waals surface area contributed by atoms with Crippen molar-refractivity contribution in [2.24, 2.45) is 5.92 Å². The second-order valence-electron chi connectivity index (χ2n) is 7.04. The van der Waals surface area contributed by atoms with Crippen LogP contribution in [-0.4, -0.2) is 40.8 Å². The molecule has 31 heavy (non-hydrogen) atoms. The number of ether oxygens (including phenoxy) is 5. The highest BCUT2D eigenvalue weighted by Crippen LogP contribution is 2.47. The Bertz CT molecular complexity index is 965. The number of ketones is 1. The summed E-state index contributed by atoms with van der Waals surface area (Å²) >= 11 is 0. The molecule has 0 fully saturated rings. The zero-order valence-electron chi connectivity index (χ0n) is 19.2. The second-order valence-corrected chi connectivity index (χ2v) is 7.04. The molecule has 0 atom stereocenters. The predicted octanol–water partition coefficient (Wildman–Crippen LogP) is 4.62. The van der Waals surface area contributed by atoms with Gasteiger partial charge >= 0.3 is 0 Å². The van der Waals surface area contributed by atoms with Gasteiger partial charge in [-0.1, -0.05) is 19.9 Å². The van der Waals surface area contributed by atoms with Gasteiger partial charge in [-0.2, -0.15) is 0 Å². The first-order valence-corrected chi connectivity index (χ1v) is 9.98. The molecule has 0 bridgehead atoms. The average molecular weight is 430 g/mol. The fraction of sp³-hybridized carbons (Fsp3) is 0.375. The van der Waals surface area contributed by atoms with Crippen LogP contribution in [0.2, 0.25) is 0 Å². The smallest absolute Gasteiger partial charge is 0.208 e.